The lowest BCUT2D eigenvalue weighted by Crippen LogP contribution is -2.13. The van der Waals surface area contributed by atoms with Crippen LogP contribution in [-0.2, 0) is 14.8 Å². The minimum atomic E-state index is -3.86. The van der Waals surface area contributed by atoms with E-state index in [9.17, 15) is 13.2 Å². The highest BCUT2D eigenvalue weighted by atomic mass is 127. The molecule has 0 saturated carbocycles. The van der Waals surface area contributed by atoms with Gasteiger partial charge in [-0.15, -0.1) is 10.2 Å². The zero-order valence-corrected chi connectivity index (χ0v) is 13.8. The minimum absolute atomic E-state index is 0.119. The van der Waals surface area contributed by atoms with Gasteiger partial charge in [0.25, 0.3) is 14.4 Å². The average Bonchev–Trinajstić information content (AvgIpc) is 2.80. The average molecular weight is 425 g/mol. The molecule has 1 amide bonds. The summed E-state index contributed by atoms with van der Waals surface area (Å²) in [7, 11) is -3.86. The summed E-state index contributed by atoms with van der Waals surface area (Å²) in [4.78, 5) is 14.8. The van der Waals surface area contributed by atoms with Crippen LogP contribution in [0.25, 0.3) is 0 Å². The summed E-state index contributed by atoms with van der Waals surface area (Å²) >= 11 is 2.82. The van der Waals surface area contributed by atoms with Crippen molar-refractivity contribution in [3.05, 3.63) is 21.9 Å². The predicted molar refractivity (Wildman–Crippen MR) is 82.0 cm³/mol. The number of hydrogen-bond donors (Lipinski definition) is 2. The molecular weight excluding hydrogens is 417 g/mol. The monoisotopic (exact) mass is 425 g/mol. The van der Waals surface area contributed by atoms with Gasteiger partial charge in [0.15, 0.2) is 0 Å². The van der Waals surface area contributed by atoms with E-state index in [1.807, 2.05) is 0 Å². The molecule has 0 saturated heterocycles. The number of aromatic nitrogens is 3. The van der Waals surface area contributed by atoms with Crippen LogP contribution in [0.3, 0.4) is 0 Å². The largest absolute Gasteiger partial charge is 0.301 e. The fourth-order valence-electron chi connectivity index (χ4n) is 1.14. The van der Waals surface area contributed by atoms with E-state index in [-0.39, 0.29) is 21.2 Å². The maximum atomic E-state index is 12.0. The van der Waals surface area contributed by atoms with Crippen molar-refractivity contribution in [2.45, 2.75) is 11.3 Å². The van der Waals surface area contributed by atoms with Gasteiger partial charge in [0, 0.05) is 16.7 Å². The van der Waals surface area contributed by atoms with Gasteiger partial charge in [-0.3, -0.25) is 9.52 Å². The van der Waals surface area contributed by atoms with Crippen LogP contribution >= 0.6 is 33.9 Å². The lowest BCUT2D eigenvalue weighted by atomic mass is 10.5. The smallest absolute Gasteiger partial charge is 0.292 e. The van der Waals surface area contributed by atoms with Gasteiger partial charge in [-0.25, -0.2) is 4.98 Å². The molecule has 0 atom stereocenters. The van der Waals surface area contributed by atoms with E-state index < -0.39 is 10.0 Å². The van der Waals surface area contributed by atoms with Crippen LogP contribution in [0, 0.1) is 3.57 Å². The van der Waals surface area contributed by atoms with Gasteiger partial charge in [0.2, 0.25) is 11.0 Å². The molecule has 0 aliphatic rings. The molecule has 11 heteroatoms. The lowest BCUT2D eigenvalue weighted by molar-refractivity contribution is -0.114. The molecule has 0 radical (unpaired) electrons. The number of hydrogen-bond acceptors (Lipinski definition) is 7. The van der Waals surface area contributed by atoms with Crippen LogP contribution in [0.4, 0.5) is 10.9 Å². The molecule has 2 aromatic rings. The fraction of sp³-hybridized carbons (Fsp3) is 0.111. The van der Waals surface area contributed by atoms with Gasteiger partial charge in [-0.1, -0.05) is 11.3 Å². The third-order valence-corrected chi connectivity index (χ3v) is 5.08. The number of anilines is 2. The summed E-state index contributed by atoms with van der Waals surface area (Å²) in [6, 6.07) is 3.25. The third kappa shape index (κ3) is 3.83. The Balaban J connectivity index is 2.19. The molecule has 2 N–H and O–H groups in total. The van der Waals surface area contributed by atoms with Crippen molar-refractivity contribution in [1.82, 2.24) is 15.2 Å². The standard InChI is InChI=1S/C9H8IN5O3S2/c1-5(16)12-8-13-14-9(19-8)20(17,18)15-7-3-2-6(10)4-11-7/h2-4H,1H3,(H,11,15)(H,12,13,16). The van der Waals surface area contributed by atoms with Crippen molar-refractivity contribution >= 4 is 60.8 Å². The van der Waals surface area contributed by atoms with Crippen molar-refractivity contribution in [1.29, 1.82) is 0 Å². The number of sulfonamides is 1. The first-order valence-corrected chi connectivity index (χ1v) is 8.50. The fourth-order valence-corrected chi connectivity index (χ4v) is 3.41. The first-order valence-electron chi connectivity index (χ1n) is 5.12. The molecule has 0 aliphatic carbocycles. The molecule has 0 unspecified atom stereocenters. The van der Waals surface area contributed by atoms with Crippen LogP contribution in [-0.4, -0.2) is 29.5 Å². The summed E-state index contributed by atoms with van der Waals surface area (Å²) < 4.78 is 27.0. The quantitative estimate of drug-likeness (QED) is 0.564. The molecule has 0 aliphatic heterocycles. The molecule has 0 fully saturated rings. The lowest BCUT2D eigenvalue weighted by Gasteiger charge is -2.03. The summed E-state index contributed by atoms with van der Waals surface area (Å²) in [5.41, 5.74) is 0. The van der Waals surface area contributed by atoms with Gasteiger partial charge in [-0.05, 0) is 34.7 Å². The van der Waals surface area contributed by atoms with Crippen LogP contribution < -0.4 is 10.0 Å². The van der Waals surface area contributed by atoms with Gasteiger partial charge >= 0.3 is 0 Å². The van der Waals surface area contributed by atoms with E-state index >= 15 is 0 Å². The number of carbonyl (C=O) groups excluding carboxylic acids is 1. The summed E-state index contributed by atoms with van der Waals surface area (Å²) in [5.74, 6) is -0.168. The Labute approximate surface area is 132 Å². The molecule has 0 bridgehead atoms. The Morgan fingerprint density at radius 2 is 2.10 bits per heavy atom. The number of nitrogens with one attached hydrogen (secondary N) is 2. The SMILES string of the molecule is CC(=O)Nc1nnc(S(=O)(=O)Nc2ccc(I)cn2)s1. The van der Waals surface area contributed by atoms with Crippen molar-refractivity contribution in [2.24, 2.45) is 0 Å². The Bertz CT molecular complexity index is 728. The maximum absolute atomic E-state index is 12.0. The topological polar surface area (TPSA) is 114 Å². The highest BCUT2D eigenvalue weighted by molar-refractivity contribution is 14.1. The molecule has 2 rings (SSSR count). The van der Waals surface area contributed by atoms with Crippen LogP contribution in [0.1, 0.15) is 6.92 Å². The zero-order chi connectivity index (χ0) is 14.8. The minimum Gasteiger partial charge on any atom is -0.301 e. The van der Waals surface area contributed by atoms with Gasteiger partial charge < -0.3 is 5.32 Å². The van der Waals surface area contributed by atoms with E-state index in [0.29, 0.717) is 0 Å². The Hall–Kier alpha value is -1.34. The second-order valence-corrected chi connectivity index (χ2v) is 7.60. The Morgan fingerprint density at radius 3 is 2.70 bits per heavy atom. The maximum Gasteiger partial charge on any atom is 0.292 e. The summed E-state index contributed by atoms with van der Waals surface area (Å²) in [6.07, 6.45) is 1.53. The molecule has 0 spiro atoms. The predicted octanol–water partition coefficient (Wildman–Crippen LogP) is 1.30. The Morgan fingerprint density at radius 1 is 1.35 bits per heavy atom. The zero-order valence-electron chi connectivity index (χ0n) is 9.99. The highest BCUT2D eigenvalue weighted by Gasteiger charge is 2.21. The number of carbonyl (C=O) groups is 1. The normalized spacial score (nSPS) is 11.1. The third-order valence-electron chi connectivity index (χ3n) is 1.89. The van der Waals surface area contributed by atoms with E-state index in [0.717, 1.165) is 14.9 Å². The first-order chi connectivity index (χ1) is 9.37. The summed E-state index contributed by atoms with van der Waals surface area (Å²) in [6.45, 7) is 1.29. The number of halogens is 1. The molecule has 106 valence electrons. The van der Waals surface area contributed by atoms with E-state index in [2.05, 4.69) is 47.8 Å². The molecule has 8 nitrogen and oxygen atoms in total. The molecule has 2 heterocycles. The number of nitrogens with zero attached hydrogens (tertiary/aromatic N) is 3. The number of amides is 1. The number of rotatable bonds is 4. The van der Waals surface area contributed by atoms with Crippen LogP contribution in [0.5, 0.6) is 0 Å². The van der Waals surface area contributed by atoms with E-state index in [4.69, 9.17) is 0 Å². The molecule has 2 aromatic heterocycles. The van der Waals surface area contributed by atoms with Gasteiger partial charge in [0.05, 0.1) is 0 Å². The van der Waals surface area contributed by atoms with E-state index in [1.54, 1.807) is 6.07 Å². The number of pyridine rings is 1. The van der Waals surface area contributed by atoms with Crippen molar-refractivity contribution < 1.29 is 13.2 Å². The first kappa shape index (κ1) is 15.1. The molecular formula is C9H8IN5O3S2. The van der Waals surface area contributed by atoms with Crippen LogP contribution in [0.15, 0.2) is 22.7 Å². The highest BCUT2D eigenvalue weighted by Crippen LogP contribution is 2.21. The Kier molecular flexibility index (Phi) is 4.49. The second kappa shape index (κ2) is 5.97. The summed E-state index contributed by atoms with van der Waals surface area (Å²) in [5, 5.41) is 9.59. The van der Waals surface area contributed by atoms with Crippen molar-refractivity contribution in [2.75, 3.05) is 10.0 Å². The van der Waals surface area contributed by atoms with Gasteiger partial charge in [0.1, 0.15) is 5.82 Å². The van der Waals surface area contributed by atoms with Crippen molar-refractivity contribution in [3.63, 3.8) is 0 Å². The molecule has 0 aromatic carbocycles. The van der Waals surface area contributed by atoms with Crippen LogP contribution in [0.2, 0.25) is 0 Å². The van der Waals surface area contributed by atoms with Gasteiger partial charge in [-0.2, -0.15) is 8.42 Å². The van der Waals surface area contributed by atoms with Crippen molar-refractivity contribution in [3.8, 4) is 0 Å². The van der Waals surface area contributed by atoms with E-state index in [1.165, 1.54) is 19.2 Å². The second-order valence-electron chi connectivity index (χ2n) is 3.52. The molecule has 20 heavy (non-hydrogen) atoms.